The highest BCUT2D eigenvalue weighted by atomic mass is 16.6. The molecule has 11 heteroatoms. The van der Waals surface area contributed by atoms with Crippen LogP contribution in [0.1, 0.15) is 45.9 Å². The number of nitrogens with one attached hydrogen (secondary N) is 1. The summed E-state index contributed by atoms with van der Waals surface area (Å²) in [7, 11) is 2.15. The van der Waals surface area contributed by atoms with Crippen LogP contribution in [0.4, 0.5) is 0 Å². The third-order valence-electron chi connectivity index (χ3n) is 4.06. The van der Waals surface area contributed by atoms with Crippen LogP contribution in [0.15, 0.2) is 4.52 Å². The van der Waals surface area contributed by atoms with Gasteiger partial charge in [0.05, 0.1) is 26.4 Å². The number of rotatable bonds is 10. The minimum Gasteiger partial charge on any atom is -0.467 e. The Balaban J connectivity index is 3.51. The summed E-state index contributed by atoms with van der Waals surface area (Å²) in [5.41, 5.74) is -2.26. The molecule has 0 fully saturated rings. The fourth-order valence-electron chi connectivity index (χ4n) is 2.85. The molecule has 174 valence electrons. The Morgan fingerprint density at radius 2 is 1.61 bits per heavy atom. The van der Waals surface area contributed by atoms with Gasteiger partial charge in [-0.1, -0.05) is 20.8 Å². The summed E-state index contributed by atoms with van der Waals surface area (Å²) in [5, 5.41) is 6.17. The van der Waals surface area contributed by atoms with Crippen molar-refractivity contribution < 1.29 is 42.6 Å². The van der Waals surface area contributed by atoms with E-state index in [1.807, 2.05) is 20.8 Å². The number of hydrogen-bond donors (Lipinski definition) is 1. The first kappa shape index (κ1) is 25.9. The summed E-state index contributed by atoms with van der Waals surface area (Å²) < 4.78 is 25.2. The van der Waals surface area contributed by atoms with Gasteiger partial charge < -0.3 is 28.8 Å². The van der Waals surface area contributed by atoms with Crippen LogP contribution in [0.25, 0.3) is 0 Å². The van der Waals surface area contributed by atoms with E-state index in [2.05, 4.69) is 10.5 Å². The summed E-state index contributed by atoms with van der Waals surface area (Å²) >= 11 is 0. The van der Waals surface area contributed by atoms with E-state index in [0.29, 0.717) is 12.2 Å². The molecule has 0 aliphatic rings. The van der Waals surface area contributed by atoms with Crippen LogP contribution < -0.4 is 10.1 Å². The number of hydrogen-bond acceptors (Lipinski definition) is 10. The van der Waals surface area contributed by atoms with E-state index in [0.717, 1.165) is 21.1 Å². The molecule has 0 saturated carbocycles. The zero-order valence-corrected chi connectivity index (χ0v) is 18.9. The first-order valence-corrected chi connectivity index (χ1v) is 9.61. The zero-order valence-electron chi connectivity index (χ0n) is 18.9. The van der Waals surface area contributed by atoms with Crippen molar-refractivity contribution in [2.45, 2.75) is 53.0 Å². The number of ether oxygens (including phenoxy) is 4. The second-order valence-electron chi connectivity index (χ2n) is 7.97. The minimum absolute atomic E-state index is 0.116. The first-order chi connectivity index (χ1) is 14.4. The van der Waals surface area contributed by atoms with Gasteiger partial charge in [0, 0.05) is 19.8 Å². The molecule has 1 aromatic rings. The predicted octanol–water partition coefficient (Wildman–Crippen LogP) is 0.969. The lowest BCUT2D eigenvalue weighted by Crippen LogP contribution is -2.62. The van der Waals surface area contributed by atoms with E-state index in [1.54, 1.807) is 6.92 Å². The van der Waals surface area contributed by atoms with Crippen molar-refractivity contribution in [2.24, 2.45) is 5.41 Å². The maximum atomic E-state index is 12.7. The van der Waals surface area contributed by atoms with Crippen molar-refractivity contribution in [3.8, 4) is 5.88 Å². The van der Waals surface area contributed by atoms with Crippen molar-refractivity contribution in [2.75, 3.05) is 27.4 Å². The predicted molar refractivity (Wildman–Crippen MR) is 106 cm³/mol. The molecule has 11 nitrogen and oxygen atoms in total. The molecule has 0 aromatic carbocycles. The average Bonchev–Trinajstić information content (AvgIpc) is 3.03. The average molecular weight is 442 g/mol. The van der Waals surface area contributed by atoms with E-state index >= 15 is 0 Å². The van der Waals surface area contributed by atoms with Crippen LogP contribution in [0.5, 0.6) is 5.88 Å². The molecular formula is C20H30N2O9. The van der Waals surface area contributed by atoms with Gasteiger partial charge in [-0.05, 0) is 17.5 Å². The number of amides is 1. The second kappa shape index (κ2) is 10.8. The fourth-order valence-corrected chi connectivity index (χ4v) is 2.85. The van der Waals surface area contributed by atoms with Gasteiger partial charge in [0.25, 0.3) is 5.88 Å². The summed E-state index contributed by atoms with van der Waals surface area (Å²) in [4.78, 5) is 48.9. The van der Waals surface area contributed by atoms with Crippen molar-refractivity contribution >= 4 is 23.8 Å². The highest BCUT2D eigenvalue weighted by molar-refractivity contribution is 6.08. The number of nitrogens with zero attached hydrogens (tertiary/aromatic N) is 1. The van der Waals surface area contributed by atoms with Gasteiger partial charge in [0.1, 0.15) is 5.76 Å². The van der Waals surface area contributed by atoms with Crippen LogP contribution >= 0.6 is 0 Å². The van der Waals surface area contributed by atoms with Crippen molar-refractivity contribution in [1.82, 2.24) is 10.5 Å². The topological polar surface area (TPSA) is 143 Å². The lowest BCUT2D eigenvalue weighted by atomic mass is 9.85. The van der Waals surface area contributed by atoms with Crippen LogP contribution in [0, 0.1) is 5.41 Å². The highest BCUT2D eigenvalue weighted by Crippen LogP contribution is 2.32. The minimum atomic E-state index is -2.21. The maximum absolute atomic E-state index is 12.7. The summed E-state index contributed by atoms with van der Waals surface area (Å²) in [6.45, 7) is 8.32. The van der Waals surface area contributed by atoms with Gasteiger partial charge >= 0.3 is 17.9 Å². The van der Waals surface area contributed by atoms with Gasteiger partial charge in [-0.15, -0.1) is 0 Å². The quantitative estimate of drug-likeness (QED) is 0.316. The van der Waals surface area contributed by atoms with Crippen LogP contribution in [-0.4, -0.2) is 61.9 Å². The molecule has 0 bridgehead atoms. The molecule has 1 amide bonds. The molecule has 0 atom stereocenters. The SMILES string of the molecule is CCOC(=O)COc1noc(CC(C)(C)C)c1CC(NC(C)=O)(C(=O)OC)C(=O)OC. The molecule has 31 heavy (non-hydrogen) atoms. The monoisotopic (exact) mass is 442 g/mol. The Labute approximate surface area is 180 Å². The Kier molecular flexibility index (Phi) is 9.02. The Bertz CT molecular complexity index is 792. The van der Waals surface area contributed by atoms with Gasteiger partial charge in [-0.25, -0.2) is 14.4 Å². The number of aromatic nitrogens is 1. The van der Waals surface area contributed by atoms with E-state index in [1.165, 1.54) is 0 Å². The molecule has 1 heterocycles. The van der Waals surface area contributed by atoms with Gasteiger partial charge in [0.15, 0.2) is 6.61 Å². The highest BCUT2D eigenvalue weighted by Gasteiger charge is 2.51. The van der Waals surface area contributed by atoms with Crippen LogP contribution in [0.2, 0.25) is 0 Å². The van der Waals surface area contributed by atoms with E-state index in [9.17, 15) is 19.2 Å². The largest absolute Gasteiger partial charge is 0.467 e. The third-order valence-corrected chi connectivity index (χ3v) is 4.06. The molecule has 0 radical (unpaired) electrons. The molecule has 0 spiro atoms. The molecule has 1 N–H and O–H groups in total. The number of carbonyl (C=O) groups is 4. The molecular weight excluding hydrogens is 412 g/mol. The lowest BCUT2D eigenvalue weighted by molar-refractivity contribution is -0.165. The Morgan fingerprint density at radius 1 is 1.03 bits per heavy atom. The summed E-state index contributed by atoms with van der Waals surface area (Å²) in [5.74, 6) is -3.20. The van der Waals surface area contributed by atoms with Crippen LogP contribution in [-0.2, 0) is 46.2 Å². The van der Waals surface area contributed by atoms with E-state index in [4.69, 9.17) is 23.5 Å². The molecule has 1 rings (SSSR count). The maximum Gasteiger partial charge on any atom is 0.344 e. The normalized spacial score (nSPS) is 11.5. The molecule has 0 unspecified atom stereocenters. The summed E-state index contributed by atoms with van der Waals surface area (Å²) in [6, 6.07) is 0. The van der Waals surface area contributed by atoms with Gasteiger partial charge in [-0.2, -0.15) is 0 Å². The third kappa shape index (κ3) is 6.97. The Morgan fingerprint density at radius 3 is 2.06 bits per heavy atom. The first-order valence-electron chi connectivity index (χ1n) is 9.61. The molecule has 0 saturated heterocycles. The van der Waals surface area contributed by atoms with Crippen LogP contribution in [0.3, 0.4) is 0 Å². The van der Waals surface area contributed by atoms with Gasteiger partial charge in [0.2, 0.25) is 11.4 Å². The smallest absolute Gasteiger partial charge is 0.344 e. The fraction of sp³-hybridized carbons (Fsp3) is 0.650. The number of methoxy groups -OCH3 is 2. The van der Waals surface area contributed by atoms with Gasteiger partial charge in [-0.3, -0.25) is 4.79 Å². The van der Waals surface area contributed by atoms with Crippen molar-refractivity contribution in [1.29, 1.82) is 0 Å². The Hall–Kier alpha value is -3.11. The molecule has 1 aromatic heterocycles. The number of esters is 3. The zero-order chi connectivity index (χ0) is 23.8. The summed E-state index contributed by atoms with van der Waals surface area (Å²) in [6.07, 6.45) is -0.0738. The lowest BCUT2D eigenvalue weighted by Gasteiger charge is -2.29. The molecule has 0 aliphatic carbocycles. The van der Waals surface area contributed by atoms with E-state index in [-0.39, 0.29) is 23.5 Å². The van der Waals surface area contributed by atoms with Crippen molar-refractivity contribution in [3.63, 3.8) is 0 Å². The molecule has 0 aliphatic heterocycles. The van der Waals surface area contributed by atoms with E-state index < -0.39 is 42.4 Å². The van der Waals surface area contributed by atoms with Crippen molar-refractivity contribution in [3.05, 3.63) is 11.3 Å². The standard InChI is InChI=1S/C20H30N2O9/c1-8-29-15(24)11-30-16-13(14(31-22-16)10-19(3,4)5)9-20(17(25)27-6,18(26)28-7)21-12(2)23/h8-11H2,1-7H3,(H,21,23). The second-order valence-corrected chi connectivity index (χ2v) is 7.97. The number of carbonyl (C=O) groups excluding carboxylic acids is 4.